The second-order valence-corrected chi connectivity index (χ2v) is 6.51. The topological polar surface area (TPSA) is 37.3 Å². The molecule has 0 radical (unpaired) electrons. The number of nitrogens with zero attached hydrogens (tertiary/aromatic N) is 2. The highest BCUT2D eigenvalue weighted by Gasteiger charge is 2.25. The van der Waals surface area contributed by atoms with E-state index in [1.807, 2.05) is 47.3 Å². The first-order chi connectivity index (χ1) is 11.8. The van der Waals surface area contributed by atoms with Gasteiger partial charge in [-0.3, -0.25) is 9.69 Å². The minimum atomic E-state index is -0.195. The fourth-order valence-corrected chi connectivity index (χ4v) is 3.61. The molecule has 0 saturated carbocycles. The fraction of sp³-hybridized carbons (Fsp3) is 0.450. The predicted octanol–water partition coefficient (Wildman–Crippen LogP) is 2.87. The quantitative estimate of drug-likeness (QED) is 0.850. The molecule has 0 spiro atoms. The monoisotopic (exact) mass is 325 g/mol. The smallest absolute Gasteiger partial charge is 0.243 e. The van der Waals surface area contributed by atoms with Gasteiger partial charge in [0.15, 0.2) is 0 Å². The summed E-state index contributed by atoms with van der Waals surface area (Å²) in [6.07, 6.45) is 7.08. The predicted molar refractivity (Wildman–Crippen MR) is 96.9 cm³/mol. The number of benzene rings is 1. The summed E-state index contributed by atoms with van der Waals surface area (Å²) in [5.41, 5.74) is 1.18. The van der Waals surface area contributed by atoms with Gasteiger partial charge in [-0.1, -0.05) is 37.3 Å². The molecule has 0 unspecified atom stereocenters. The lowest BCUT2D eigenvalue weighted by Gasteiger charge is -2.25. The second kappa shape index (κ2) is 8.15. The zero-order valence-electron chi connectivity index (χ0n) is 14.4. The SMILES string of the molecule is CCN1CCC[C@@H]1CNC(=O)[C@H](Cc1ccccc1)n1cccc1. The summed E-state index contributed by atoms with van der Waals surface area (Å²) in [4.78, 5) is 15.3. The number of likely N-dealkylation sites (tertiary alicyclic amines) is 1. The van der Waals surface area contributed by atoms with Crippen LogP contribution in [0.3, 0.4) is 0 Å². The molecule has 1 aliphatic rings. The molecule has 128 valence electrons. The van der Waals surface area contributed by atoms with E-state index in [0.717, 1.165) is 19.6 Å². The third kappa shape index (κ3) is 4.06. The van der Waals surface area contributed by atoms with Crippen molar-refractivity contribution in [3.63, 3.8) is 0 Å². The van der Waals surface area contributed by atoms with E-state index in [0.29, 0.717) is 12.5 Å². The maximum atomic E-state index is 12.8. The molecule has 2 atom stereocenters. The van der Waals surface area contributed by atoms with Crippen molar-refractivity contribution in [3.05, 3.63) is 60.4 Å². The molecule has 1 fully saturated rings. The summed E-state index contributed by atoms with van der Waals surface area (Å²) in [6, 6.07) is 14.5. The largest absolute Gasteiger partial charge is 0.353 e. The first-order valence-electron chi connectivity index (χ1n) is 8.96. The van der Waals surface area contributed by atoms with Crippen LogP contribution < -0.4 is 5.32 Å². The van der Waals surface area contributed by atoms with Crippen LogP contribution in [0.5, 0.6) is 0 Å². The van der Waals surface area contributed by atoms with Crippen LogP contribution in [0, 0.1) is 0 Å². The van der Waals surface area contributed by atoms with Crippen LogP contribution >= 0.6 is 0 Å². The lowest BCUT2D eigenvalue weighted by Crippen LogP contribution is -2.42. The van der Waals surface area contributed by atoms with Gasteiger partial charge in [0.25, 0.3) is 0 Å². The molecule has 4 nitrogen and oxygen atoms in total. The van der Waals surface area contributed by atoms with E-state index in [4.69, 9.17) is 0 Å². The van der Waals surface area contributed by atoms with Gasteiger partial charge in [0, 0.05) is 31.4 Å². The molecule has 1 aromatic heterocycles. The number of nitrogens with one attached hydrogen (secondary N) is 1. The van der Waals surface area contributed by atoms with Crippen molar-refractivity contribution in [1.29, 1.82) is 0 Å². The van der Waals surface area contributed by atoms with Gasteiger partial charge in [-0.2, -0.15) is 0 Å². The summed E-state index contributed by atoms with van der Waals surface area (Å²) < 4.78 is 2.01. The van der Waals surface area contributed by atoms with Gasteiger partial charge >= 0.3 is 0 Å². The summed E-state index contributed by atoms with van der Waals surface area (Å²) in [6.45, 7) is 5.16. The Bertz CT molecular complexity index is 624. The van der Waals surface area contributed by atoms with Gasteiger partial charge in [0.2, 0.25) is 5.91 Å². The zero-order valence-corrected chi connectivity index (χ0v) is 14.4. The molecule has 1 amide bonds. The Hall–Kier alpha value is -2.07. The first-order valence-corrected chi connectivity index (χ1v) is 8.96. The van der Waals surface area contributed by atoms with Gasteiger partial charge in [-0.25, -0.2) is 0 Å². The van der Waals surface area contributed by atoms with E-state index in [1.165, 1.54) is 18.4 Å². The molecule has 3 rings (SSSR count). The average Bonchev–Trinajstić information content (AvgIpc) is 3.29. The Morgan fingerprint density at radius 2 is 1.96 bits per heavy atom. The van der Waals surface area contributed by atoms with E-state index in [-0.39, 0.29) is 11.9 Å². The highest BCUT2D eigenvalue weighted by molar-refractivity contribution is 5.80. The Morgan fingerprint density at radius 1 is 1.21 bits per heavy atom. The van der Waals surface area contributed by atoms with E-state index >= 15 is 0 Å². The van der Waals surface area contributed by atoms with E-state index in [2.05, 4.69) is 29.3 Å². The van der Waals surface area contributed by atoms with Crippen LogP contribution in [0.25, 0.3) is 0 Å². The lowest BCUT2D eigenvalue weighted by atomic mass is 10.0. The maximum absolute atomic E-state index is 12.8. The van der Waals surface area contributed by atoms with Crippen LogP contribution in [0.15, 0.2) is 54.9 Å². The summed E-state index contributed by atoms with van der Waals surface area (Å²) in [5, 5.41) is 3.20. The molecule has 4 heteroatoms. The van der Waals surface area contributed by atoms with Crippen LogP contribution in [0.1, 0.15) is 31.4 Å². The molecule has 1 aliphatic heterocycles. The number of hydrogen-bond donors (Lipinski definition) is 1. The summed E-state index contributed by atoms with van der Waals surface area (Å²) >= 11 is 0. The van der Waals surface area contributed by atoms with Gasteiger partial charge < -0.3 is 9.88 Å². The van der Waals surface area contributed by atoms with Crippen LogP contribution in [0.4, 0.5) is 0 Å². The molecule has 1 saturated heterocycles. The molecule has 0 bridgehead atoms. The van der Waals surface area contributed by atoms with Crippen molar-refractivity contribution in [2.24, 2.45) is 0 Å². The third-order valence-electron chi connectivity index (χ3n) is 4.98. The minimum Gasteiger partial charge on any atom is -0.353 e. The molecule has 0 aliphatic carbocycles. The molecule has 2 aromatic rings. The fourth-order valence-electron chi connectivity index (χ4n) is 3.61. The molecule has 2 heterocycles. The van der Waals surface area contributed by atoms with Crippen LogP contribution in [-0.2, 0) is 11.2 Å². The molecule has 24 heavy (non-hydrogen) atoms. The zero-order chi connectivity index (χ0) is 16.8. The van der Waals surface area contributed by atoms with Crippen molar-refractivity contribution < 1.29 is 4.79 Å². The van der Waals surface area contributed by atoms with Gasteiger partial charge in [0.1, 0.15) is 6.04 Å². The minimum absolute atomic E-state index is 0.109. The normalized spacial score (nSPS) is 19.3. The standard InChI is InChI=1S/C20H27N3O/c1-2-22-14-8-11-18(22)16-21-20(24)19(23-12-6-7-13-23)15-17-9-4-3-5-10-17/h3-7,9-10,12-13,18-19H,2,8,11,14-16H2,1H3,(H,21,24)/t18-,19+/m1/s1. The van der Waals surface area contributed by atoms with Crippen LogP contribution in [-0.4, -0.2) is 41.1 Å². The highest BCUT2D eigenvalue weighted by Crippen LogP contribution is 2.18. The van der Waals surface area contributed by atoms with E-state index in [1.54, 1.807) is 0 Å². The second-order valence-electron chi connectivity index (χ2n) is 6.51. The Balaban J connectivity index is 1.65. The number of amides is 1. The Morgan fingerprint density at radius 3 is 2.67 bits per heavy atom. The molecular weight excluding hydrogens is 298 g/mol. The van der Waals surface area contributed by atoms with Gasteiger partial charge in [-0.05, 0) is 43.6 Å². The van der Waals surface area contributed by atoms with Crippen molar-refractivity contribution in [3.8, 4) is 0 Å². The first kappa shape index (κ1) is 16.8. The summed E-state index contributed by atoms with van der Waals surface area (Å²) in [5.74, 6) is 0.109. The van der Waals surface area contributed by atoms with Crippen molar-refractivity contribution in [1.82, 2.24) is 14.8 Å². The number of carbonyl (C=O) groups is 1. The average molecular weight is 325 g/mol. The molecule has 1 aromatic carbocycles. The number of aromatic nitrogens is 1. The number of rotatable bonds is 7. The maximum Gasteiger partial charge on any atom is 0.243 e. The van der Waals surface area contributed by atoms with Crippen molar-refractivity contribution in [2.75, 3.05) is 19.6 Å². The van der Waals surface area contributed by atoms with Crippen LogP contribution in [0.2, 0.25) is 0 Å². The number of likely N-dealkylation sites (N-methyl/N-ethyl adjacent to an activating group) is 1. The lowest BCUT2D eigenvalue weighted by molar-refractivity contribution is -0.124. The molecule has 1 N–H and O–H groups in total. The van der Waals surface area contributed by atoms with Crippen molar-refractivity contribution >= 4 is 5.91 Å². The van der Waals surface area contributed by atoms with E-state index < -0.39 is 0 Å². The Labute approximate surface area is 144 Å². The Kier molecular flexibility index (Phi) is 5.70. The van der Waals surface area contributed by atoms with E-state index in [9.17, 15) is 4.79 Å². The highest BCUT2D eigenvalue weighted by atomic mass is 16.2. The van der Waals surface area contributed by atoms with Gasteiger partial charge in [-0.15, -0.1) is 0 Å². The number of hydrogen-bond acceptors (Lipinski definition) is 2. The molecular formula is C20H27N3O. The summed E-state index contributed by atoms with van der Waals surface area (Å²) in [7, 11) is 0. The van der Waals surface area contributed by atoms with Gasteiger partial charge in [0.05, 0.1) is 0 Å². The third-order valence-corrected chi connectivity index (χ3v) is 4.98. The number of carbonyl (C=O) groups excluding carboxylic acids is 1. The van der Waals surface area contributed by atoms with Crippen molar-refractivity contribution in [2.45, 2.75) is 38.3 Å².